The summed E-state index contributed by atoms with van der Waals surface area (Å²) < 4.78 is 23.5. The van der Waals surface area contributed by atoms with Gasteiger partial charge in [0.25, 0.3) is 0 Å². The number of pyridine rings is 1. The first-order chi connectivity index (χ1) is 11.6. The molecule has 1 aliphatic rings. The van der Waals surface area contributed by atoms with Crippen LogP contribution in [-0.2, 0) is 15.9 Å². The summed E-state index contributed by atoms with van der Waals surface area (Å²) in [6.45, 7) is 0. The van der Waals surface area contributed by atoms with Gasteiger partial charge >= 0.3 is 0 Å². The maximum Gasteiger partial charge on any atom is 0.249 e. The molecule has 1 unspecified atom stereocenters. The van der Waals surface area contributed by atoms with Crippen molar-refractivity contribution in [2.75, 3.05) is 5.32 Å². The monoisotopic (exact) mass is 341 g/mol. The van der Waals surface area contributed by atoms with E-state index in [4.69, 9.17) is 0 Å². The Morgan fingerprint density at radius 2 is 2.00 bits per heavy atom. The van der Waals surface area contributed by atoms with Crippen molar-refractivity contribution in [1.29, 1.82) is 0 Å². The van der Waals surface area contributed by atoms with Gasteiger partial charge in [0.1, 0.15) is 0 Å². The van der Waals surface area contributed by atoms with Gasteiger partial charge in [-0.15, -0.1) is 5.10 Å². The third-order valence-corrected chi connectivity index (χ3v) is 4.56. The van der Waals surface area contributed by atoms with Gasteiger partial charge in [0.15, 0.2) is 5.65 Å². The number of benzene rings is 1. The quantitative estimate of drug-likeness (QED) is 0.732. The van der Waals surface area contributed by atoms with Crippen LogP contribution in [-0.4, -0.2) is 29.3 Å². The molecule has 1 aromatic carbocycles. The number of anilines is 1. The molecule has 0 aliphatic heterocycles. The zero-order chi connectivity index (χ0) is 16.7. The molecule has 0 saturated heterocycles. The molecular weight excluding hydrogens is 328 g/mol. The van der Waals surface area contributed by atoms with E-state index < -0.39 is 11.1 Å². The minimum Gasteiger partial charge on any atom is -0.768 e. The minimum absolute atomic E-state index is 0.0465. The third kappa shape index (κ3) is 2.81. The lowest BCUT2D eigenvalue weighted by atomic mass is 10.1. The van der Waals surface area contributed by atoms with Crippen molar-refractivity contribution in [3.63, 3.8) is 0 Å². The van der Waals surface area contributed by atoms with E-state index in [2.05, 4.69) is 15.4 Å². The average Bonchev–Trinajstić information content (AvgIpc) is 3.35. The van der Waals surface area contributed by atoms with Gasteiger partial charge < -0.3 is 4.55 Å². The van der Waals surface area contributed by atoms with Crippen LogP contribution < -0.4 is 5.32 Å². The van der Waals surface area contributed by atoms with Gasteiger partial charge in [-0.25, -0.2) is 4.52 Å². The molecule has 0 spiro atoms. The summed E-state index contributed by atoms with van der Waals surface area (Å²) in [6.07, 6.45) is 3.58. The van der Waals surface area contributed by atoms with Gasteiger partial charge in [-0.1, -0.05) is 12.1 Å². The molecule has 2 aromatic heterocycles. The number of hydrogen-bond donors (Lipinski definition) is 1. The number of fused-ring (bicyclic) bond motifs is 1. The molecule has 1 fully saturated rings. The molecule has 8 heteroatoms. The highest BCUT2D eigenvalue weighted by atomic mass is 32.2. The largest absolute Gasteiger partial charge is 0.768 e. The van der Waals surface area contributed by atoms with E-state index in [9.17, 15) is 13.6 Å². The van der Waals surface area contributed by atoms with E-state index in [1.165, 1.54) is 12.1 Å². The lowest BCUT2D eigenvalue weighted by Crippen LogP contribution is -2.14. The Morgan fingerprint density at radius 1 is 1.25 bits per heavy atom. The van der Waals surface area contributed by atoms with Crippen molar-refractivity contribution in [3.8, 4) is 11.1 Å². The van der Waals surface area contributed by atoms with Crippen LogP contribution in [0.15, 0.2) is 47.5 Å². The van der Waals surface area contributed by atoms with Crippen LogP contribution in [0, 0.1) is 5.92 Å². The number of aromatic nitrogens is 3. The fraction of sp³-hybridized carbons (Fsp3) is 0.188. The number of amides is 1. The maximum atomic E-state index is 11.8. The second-order valence-electron chi connectivity index (χ2n) is 5.65. The van der Waals surface area contributed by atoms with Crippen LogP contribution >= 0.6 is 0 Å². The highest BCUT2D eigenvalue weighted by molar-refractivity contribution is 7.79. The van der Waals surface area contributed by atoms with Crippen LogP contribution in [0.5, 0.6) is 0 Å². The summed E-state index contributed by atoms with van der Waals surface area (Å²) in [7, 11) is 0. The van der Waals surface area contributed by atoms with Gasteiger partial charge in [0, 0.05) is 22.6 Å². The molecule has 0 bridgehead atoms. The summed E-state index contributed by atoms with van der Waals surface area (Å²) >= 11 is -2.25. The number of nitrogens with zero attached hydrogens (tertiary/aromatic N) is 3. The van der Waals surface area contributed by atoms with Crippen molar-refractivity contribution in [2.45, 2.75) is 17.7 Å². The molecule has 1 saturated carbocycles. The molecule has 1 N–H and O–H groups in total. The smallest absolute Gasteiger partial charge is 0.249 e. The van der Waals surface area contributed by atoms with Crippen LogP contribution in [0.2, 0.25) is 0 Å². The molecule has 122 valence electrons. The summed E-state index contributed by atoms with van der Waals surface area (Å²) in [5.41, 5.74) is 2.22. The zero-order valence-corrected chi connectivity index (χ0v) is 13.3. The summed E-state index contributed by atoms with van der Waals surface area (Å²) in [5.74, 6) is 0.308. The predicted octanol–water partition coefficient (Wildman–Crippen LogP) is 1.98. The van der Waals surface area contributed by atoms with E-state index in [1.807, 2.05) is 12.1 Å². The van der Waals surface area contributed by atoms with Crippen molar-refractivity contribution in [1.82, 2.24) is 14.6 Å². The Morgan fingerprint density at radius 3 is 2.67 bits per heavy atom. The zero-order valence-electron chi connectivity index (χ0n) is 12.5. The molecule has 7 nitrogen and oxygen atoms in total. The maximum absolute atomic E-state index is 11.8. The second-order valence-corrected chi connectivity index (χ2v) is 6.59. The van der Waals surface area contributed by atoms with Gasteiger partial charge in [0.05, 0.1) is 0 Å². The van der Waals surface area contributed by atoms with E-state index in [0.717, 1.165) is 24.0 Å². The van der Waals surface area contributed by atoms with Gasteiger partial charge in [-0.3, -0.25) is 14.3 Å². The molecule has 0 radical (unpaired) electrons. The van der Waals surface area contributed by atoms with E-state index in [-0.39, 0.29) is 22.7 Å². The third-order valence-electron chi connectivity index (χ3n) is 3.90. The Hall–Kier alpha value is -2.58. The molecule has 1 aliphatic carbocycles. The fourth-order valence-electron chi connectivity index (χ4n) is 2.49. The molecule has 1 amide bonds. The van der Waals surface area contributed by atoms with Crippen LogP contribution in [0.3, 0.4) is 0 Å². The molecule has 2 heterocycles. The topological polar surface area (TPSA) is 99.4 Å². The standard InChI is InChI=1S/C16H14N4O3S/c21-15(11-3-4-11)18-16-17-14-13(2-1-9-20(14)19-16)10-5-7-12(8-6-10)24(22)23/h1-2,5-9,11H,3-4H2,(H,22,23)(H,18,19,21)/p-1. The van der Waals surface area contributed by atoms with Crippen LogP contribution in [0.1, 0.15) is 12.8 Å². The summed E-state index contributed by atoms with van der Waals surface area (Å²) in [4.78, 5) is 16.5. The summed E-state index contributed by atoms with van der Waals surface area (Å²) in [6, 6.07) is 10.2. The highest BCUT2D eigenvalue weighted by Gasteiger charge is 2.30. The molecule has 24 heavy (non-hydrogen) atoms. The fourth-order valence-corrected chi connectivity index (χ4v) is 2.85. The number of carbonyl (C=O) groups is 1. The van der Waals surface area contributed by atoms with Crippen molar-refractivity contribution >= 4 is 28.6 Å². The minimum atomic E-state index is -2.25. The average molecular weight is 341 g/mol. The number of carbonyl (C=O) groups excluding carboxylic acids is 1. The Balaban J connectivity index is 1.70. The first-order valence-electron chi connectivity index (χ1n) is 7.48. The molecule has 1 atom stereocenters. The highest BCUT2D eigenvalue weighted by Crippen LogP contribution is 2.30. The predicted molar refractivity (Wildman–Crippen MR) is 87.0 cm³/mol. The molecule has 3 aromatic rings. The van der Waals surface area contributed by atoms with E-state index in [0.29, 0.717) is 5.65 Å². The van der Waals surface area contributed by atoms with Gasteiger partial charge in [-0.05, 0) is 53.8 Å². The van der Waals surface area contributed by atoms with Gasteiger partial charge in [0.2, 0.25) is 11.9 Å². The van der Waals surface area contributed by atoms with Crippen LogP contribution in [0.25, 0.3) is 16.8 Å². The Kier molecular flexibility index (Phi) is 3.62. The normalized spacial score (nSPS) is 15.4. The summed E-state index contributed by atoms with van der Waals surface area (Å²) in [5, 5.41) is 7.00. The van der Waals surface area contributed by atoms with Gasteiger partial charge in [-0.2, -0.15) is 4.98 Å². The SMILES string of the molecule is O=C(Nc1nc2c(-c3ccc(S(=O)[O-])cc3)cccn2n1)C1CC1. The number of nitrogens with one attached hydrogen (secondary N) is 1. The van der Waals surface area contributed by atoms with E-state index in [1.54, 1.807) is 22.8 Å². The molecule has 4 rings (SSSR count). The Bertz CT molecular complexity index is 948. The second kappa shape index (κ2) is 5.81. The lowest BCUT2D eigenvalue weighted by Gasteiger charge is -2.07. The number of rotatable bonds is 4. The molecular formula is C16H13N4O3S-. The van der Waals surface area contributed by atoms with Crippen molar-refractivity contribution < 1.29 is 13.6 Å². The van der Waals surface area contributed by atoms with E-state index >= 15 is 0 Å². The lowest BCUT2D eigenvalue weighted by molar-refractivity contribution is -0.117. The first kappa shape index (κ1) is 15.0. The number of hydrogen-bond acceptors (Lipinski definition) is 5. The Labute approximate surface area is 140 Å². The van der Waals surface area contributed by atoms with Crippen molar-refractivity contribution in [2.24, 2.45) is 5.92 Å². The van der Waals surface area contributed by atoms with Crippen LogP contribution in [0.4, 0.5) is 5.95 Å². The first-order valence-corrected chi connectivity index (χ1v) is 8.55. The van der Waals surface area contributed by atoms with Crippen molar-refractivity contribution in [3.05, 3.63) is 42.6 Å².